The number of furan rings is 1. The van der Waals surface area contributed by atoms with Gasteiger partial charge in [0.15, 0.2) is 11.4 Å². The quantitative estimate of drug-likeness (QED) is 0.642. The van der Waals surface area contributed by atoms with E-state index in [0.717, 1.165) is 56.4 Å². The number of morpholine rings is 1. The average Bonchev–Trinajstić information content (AvgIpc) is 3.39. The second-order valence-corrected chi connectivity index (χ2v) is 10.3. The van der Waals surface area contributed by atoms with Crippen molar-refractivity contribution in [3.8, 4) is 0 Å². The number of carbonyl (C=O) groups is 1. The minimum Gasteiger partial charge on any atom is -0.454 e. The van der Waals surface area contributed by atoms with Crippen molar-refractivity contribution in [2.45, 2.75) is 32.9 Å². The first-order valence-electron chi connectivity index (χ1n) is 11.2. The van der Waals surface area contributed by atoms with Gasteiger partial charge in [-0.1, -0.05) is 0 Å². The molecule has 3 aliphatic rings. The molecule has 3 aliphatic heterocycles. The zero-order valence-corrected chi connectivity index (χ0v) is 19.6. The topological polar surface area (TPSA) is 84.2 Å². The molecule has 0 radical (unpaired) electrons. The zero-order valence-electron chi connectivity index (χ0n) is 18.8. The highest BCUT2D eigenvalue weighted by Gasteiger charge is 2.42. The molecule has 0 saturated carbocycles. The lowest BCUT2D eigenvalue weighted by Gasteiger charge is -2.27. The minimum absolute atomic E-state index is 0.207. The largest absolute Gasteiger partial charge is 0.454 e. The van der Waals surface area contributed by atoms with Gasteiger partial charge in [-0.2, -0.15) is 4.98 Å². The maximum absolute atomic E-state index is 12.4. The predicted molar refractivity (Wildman–Crippen MR) is 120 cm³/mol. The maximum Gasteiger partial charge on any atom is 0.410 e. The molecule has 0 N–H and O–H groups in total. The Labute approximate surface area is 192 Å². The molecule has 5 heterocycles. The molecular formula is C22H30ClN5O4. The highest BCUT2D eigenvalue weighted by Crippen LogP contribution is 2.34. The van der Waals surface area contributed by atoms with Crippen LogP contribution < -0.4 is 4.90 Å². The Morgan fingerprint density at radius 1 is 1.16 bits per heavy atom. The molecule has 0 bridgehead atoms. The van der Waals surface area contributed by atoms with Crippen LogP contribution in [-0.4, -0.2) is 83.9 Å². The number of hydrogen-bond acceptors (Lipinski definition) is 8. The summed E-state index contributed by atoms with van der Waals surface area (Å²) in [6.45, 7) is 12.6. The van der Waals surface area contributed by atoms with Crippen molar-refractivity contribution in [2.75, 3.05) is 57.4 Å². The molecule has 2 aromatic heterocycles. The van der Waals surface area contributed by atoms with Crippen LogP contribution in [0.4, 0.5) is 10.6 Å². The smallest absolute Gasteiger partial charge is 0.410 e. The third-order valence-corrected chi connectivity index (χ3v) is 6.45. The summed E-state index contributed by atoms with van der Waals surface area (Å²) in [6, 6.07) is 1.97. The fraction of sp³-hybridized carbons (Fsp3) is 0.682. The van der Waals surface area contributed by atoms with Crippen molar-refractivity contribution < 1.29 is 18.7 Å². The van der Waals surface area contributed by atoms with Crippen LogP contribution in [0.3, 0.4) is 0 Å². The van der Waals surface area contributed by atoms with Gasteiger partial charge in [0.2, 0.25) is 5.28 Å². The summed E-state index contributed by atoms with van der Waals surface area (Å²) < 4.78 is 17.2. The molecule has 174 valence electrons. The highest BCUT2D eigenvalue weighted by molar-refractivity contribution is 6.28. The summed E-state index contributed by atoms with van der Waals surface area (Å²) in [6.07, 6.45) is -0.207. The zero-order chi connectivity index (χ0) is 22.5. The van der Waals surface area contributed by atoms with Crippen molar-refractivity contribution in [1.29, 1.82) is 0 Å². The number of nitrogens with zero attached hydrogens (tertiary/aromatic N) is 5. The first-order valence-corrected chi connectivity index (χ1v) is 11.6. The van der Waals surface area contributed by atoms with E-state index < -0.39 is 5.60 Å². The van der Waals surface area contributed by atoms with Gasteiger partial charge >= 0.3 is 6.09 Å². The molecule has 2 aromatic rings. The van der Waals surface area contributed by atoms with E-state index in [1.165, 1.54) is 0 Å². The fourth-order valence-corrected chi connectivity index (χ4v) is 5.09. The Morgan fingerprint density at radius 2 is 1.84 bits per heavy atom. The Balaban J connectivity index is 1.24. The van der Waals surface area contributed by atoms with E-state index in [9.17, 15) is 4.79 Å². The summed E-state index contributed by atoms with van der Waals surface area (Å²) in [4.78, 5) is 27.6. The Morgan fingerprint density at radius 3 is 2.50 bits per heavy atom. The number of halogens is 1. The number of rotatable bonds is 3. The lowest BCUT2D eigenvalue weighted by Crippen LogP contribution is -2.37. The number of carbonyl (C=O) groups excluding carboxylic acids is 1. The van der Waals surface area contributed by atoms with Crippen LogP contribution in [0.1, 0.15) is 26.5 Å². The monoisotopic (exact) mass is 463 g/mol. The van der Waals surface area contributed by atoms with Crippen molar-refractivity contribution in [3.63, 3.8) is 0 Å². The molecule has 2 unspecified atom stereocenters. The molecule has 9 nitrogen and oxygen atoms in total. The van der Waals surface area contributed by atoms with Crippen LogP contribution in [0.2, 0.25) is 5.28 Å². The van der Waals surface area contributed by atoms with Crippen molar-refractivity contribution >= 4 is 34.6 Å². The highest BCUT2D eigenvalue weighted by atomic mass is 35.5. The lowest BCUT2D eigenvalue weighted by molar-refractivity contribution is 0.0273. The molecule has 1 amide bonds. The maximum atomic E-state index is 12.4. The summed E-state index contributed by atoms with van der Waals surface area (Å²) in [5.41, 5.74) is 0.951. The Hall–Kier alpha value is -2.10. The van der Waals surface area contributed by atoms with Gasteiger partial charge in [-0.15, -0.1) is 0 Å². The Kier molecular flexibility index (Phi) is 5.67. The van der Waals surface area contributed by atoms with Gasteiger partial charge in [-0.05, 0) is 44.2 Å². The average molecular weight is 464 g/mol. The summed E-state index contributed by atoms with van der Waals surface area (Å²) in [5, 5.41) is 0.226. The summed E-state index contributed by atoms with van der Waals surface area (Å²) in [7, 11) is 0. The lowest BCUT2D eigenvalue weighted by atomic mass is 10.0. The van der Waals surface area contributed by atoms with Crippen molar-refractivity contribution in [1.82, 2.24) is 19.8 Å². The number of anilines is 1. The van der Waals surface area contributed by atoms with E-state index in [-0.39, 0.29) is 11.4 Å². The van der Waals surface area contributed by atoms with Crippen LogP contribution in [0.5, 0.6) is 0 Å². The molecule has 10 heteroatoms. The third kappa shape index (κ3) is 4.51. The van der Waals surface area contributed by atoms with E-state index in [1.54, 1.807) is 0 Å². The van der Waals surface area contributed by atoms with Crippen LogP contribution in [0.15, 0.2) is 10.5 Å². The summed E-state index contributed by atoms with van der Waals surface area (Å²) >= 11 is 6.19. The van der Waals surface area contributed by atoms with Crippen LogP contribution in [0, 0.1) is 11.8 Å². The molecule has 5 rings (SSSR count). The van der Waals surface area contributed by atoms with Crippen molar-refractivity contribution in [2.24, 2.45) is 11.8 Å². The molecule has 3 saturated heterocycles. The predicted octanol–water partition coefficient (Wildman–Crippen LogP) is 3.01. The van der Waals surface area contributed by atoms with Gasteiger partial charge in [0.05, 0.1) is 19.8 Å². The van der Waals surface area contributed by atoms with Gasteiger partial charge in [0.25, 0.3) is 0 Å². The van der Waals surface area contributed by atoms with Crippen LogP contribution >= 0.6 is 11.6 Å². The SMILES string of the molecule is CC(C)(C)OC(=O)N1CC2CN(Cc3cc4nc(Cl)nc(N5CCOCC5)c4o3)CC2C1. The van der Waals surface area contributed by atoms with E-state index in [2.05, 4.69) is 19.8 Å². The minimum atomic E-state index is -0.464. The molecule has 0 spiro atoms. The van der Waals surface area contributed by atoms with Gasteiger partial charge in [-0.3, -0.25) is 4.90 Å². The second kappa shape index (κ2) is 8.35. The molecule has 3 fully saturated rings. The summed E-state index contributed by atoms with van der Waals surface area (Å²) in [5.74, 6) is 2.52. The number of likely N-dealkylation sites (tertiary alicyclic amines) is 2. The standard InChI is InChI=1S/C22H30ClN5O4/c1-22(2,3)32-21(29)28-11-14-9-26(10-15(14)12-28)13-16-8-17-18(31-16)19(25-20(23)24-17)27-4-6-30-7-5-27/h8,14-15H,4-7,9-13H2,1-3H3. The molecule has 2 atom stereocenters. The number of hydrogen-bond donors (Lipinski definition) is 0. The third-order valence-electron chi connectivity index (χ3n) is 6.28. The first-order chi connectivity index (χ1) is 15.2. The molecular weight excluding hydrogens is 434 g/mol. The van der Waals surface area contributed by atoms with Gasteiger partial charge < -0.3 is 23.7 Å². The van der Waals surface area contributed by atoms with E-state index >= 15 is 0 Å². The van der Waals surface area contributed by atoms with Crippen LogP contribution in [-0.2, 0) is 16.0 Å². The normalized spacial score (nSPS) is 24.4. The molecule has 0 aliphatic carbocycles. The van der Waals surface area contributed by atoms with Crippen LogP contribution in [0.25, 0.3) is 11.1 Å². The molecule has 32 heavy (non-hydrogen) atoms. The van der Waals surface area contributed by atoms with E-state index in [1.807, 2.05) is 31.7 Å². The number of amides is 1. The van der Waals surface area contributed by atoms with Crippen molar-refractivity contribution in [3.05, 3.63) is 17.1 Å². The first kappa shape index (κ1) is 21.7. The van der Waals surface area contributed by atoms with Gasteiger partial charge in [0.1, 0.15) is 16.9 Å². The van der Waals surface area contributed by atoms with E-state index in [4.69, 9.17) is 25.5 Å². The fourth-order valence-electron chi connectivity index (χ4n) is 4.92. The number of ether oxygens (including phenoxy) is 2. The number of aromatic nitrogens is 2. The number of fused-ring (bicyclic) bond motifs is 2. The molecule has 0 aromatic carbocycles. The van der Waals surface area contributed by atoms with Gasteiger partial charge in [-0.25, -0.2) is 9.78 Å². The van der Waals surface area contributed by atoms with Gasteiger partial charge in [0, 0.05) is 45.3 Å². The Bertz CT molecular complexity index is 986. The second-order valence-electron chi connectivity index (χ2n) is 9.94. The van der Waals surface area contributed by atoms with E-state index in [0.29, 0.717) is 37.2 Å².